The maximum Gasteiger partial charge on any atom is 0.187 e. The summed E-state index contributed by atoms with van der Waals surface area (Å²) in [5.41, 5.74) is 3.91. The second-order valence-electron chi connectivity index (χ2n) is 8.12. The summed E-state index contributed by atoms with van der Waals surface area (Å²) in [6, 6.07) is 16.2. The van der Waals surface area contributed by atoms with Crippen LogP contribution in [0.4, 0.5) is 0 Å². The quantitative estimate of drug-likeness (QED) is 0.485. The van der Waals surface area contributed by atoms with Crippen LogP contribution in [0.15, 0.2) is 53.1 Å². The Morgan fingerprint density at radius 2 is 2.00 bits per heavy atom. The summed E-state index contributed by atoms with van der Waals surface area (Å²) in [5.74, 6) is 0.778. The number of nitrogens with zero attached hydrogens (tertiary/aromatic N) is 5. The Hall–Kier alpha value is -2.35. The van der Waals surface area contributed by atoms with E-state index < -0.39 is 0 Å². The molecule has 0 saturated carbocycles. The van der Waals surface area contributed by atoms with Crippen LogP contribution in [0.2, 0.25) is 0 Å². The average Bonchev–Trinajstić information content (AvgIpc) is 3.47. The second-order valence-corrected chi connectivity index (χ2v) is 9.03. The number of pyridine rings is 2. The first kappa shape index (κ1) is 19.6. The summed E-state index contributed by atoms with van der Waals surface area (Å²) < 4.78 is 3.09. The van der Waals surface area contributed by atoms with E-state index in [2.05, 4.69) is 78.1 Å². The van der Waals surface area contributed by atoms with E-state index in [0.29, 0.717) is 18.1 Å². The van der Waals surface area contributed by atoms with Gasteiger partial charge in [-0.1, -0.05) is 41.6 Å². The molecule has 1 N–H and O–H groups in total. The van der Waals surface area contributed by atoms with Gasteiger partial charge in [-0.2, -0.15) is 0 Å². The van der Waals surface area contributed by atoms with Gasteiger partial charge in [-0.3, -0.25) is 9.30 Å². The smallest absolute Gasteiger partial charge is 0.187 e. The zero-order valence-corrected chi connectivity index (χ0v) is 17.7. The molecule has 2 aliphatic heterocycles. The molecule has 6 nitrogen and oxygen atoms in total. The maximum absolute atomic E-state index is 4.84. The summed E-state index contributed by atoms with van der Waals surface area (Å²) in [6.45, 7) is 4.53. The normalized spacial score (nSPS) is 21.9. The van der Waals surface area contributed by atoms with E-state index in [1.807, 2.05) is 18.2 Å². The third-order valence-corrected chi connectivity index (χ3v) is 6.88. The van der Waals surface area contributed by atoms with Crippen molar-refractivity contribution in [3.05, 3.63) is 58.7 Å². The third-order valence-electron chi connectivity index (χ3n) is 6.39. The highest BCUT2D eigenvalue weighted by Crippen LogP contribution is 2.33. The zero-order chi connectivity index (χ0) is 19.5. The van der Waals surface area contributed by atoms with Crippen LogP contribution in [-0.4, -0.2) is 49.7 Å². The van der Waals surface area contributed by atoms with Gasteiger partial charge in [0.15, 0.2) is 11.5 Å². The number of benzene rings is 1. The van der Waals surface area contributed by atoms with E-state index in [4.69, 9.17) is 4.98 Å². The molecule has 2 aliphatic rings. The summed E-state index contributed by atoms with van der Waals surface area (Å²) in [4.78, 5) is 7.46. The molecule has 3 atom stereocenters. The molecule has 0 spiro atoms. The highest BCUT2D eigenvalue weighted by Gasteiger charge is 2.40. The fourth-order valence-corrected chi connectivity index (χ4v) is 5.15. The predicted molar refractivity (Wildman–Crippen MR) is 123 cm³/mol. The van der Waals surface area contributed by atoms with Crippen molar-refractivity contribution in [3.63, 3.8) is 0 Å². The van der Waals surface area contributed by atoms with Gasteiger partial charge in [0.1, 0.15) is 5.69 Å². The number of likely N-dealkylation sites (tertiary alicyclic amines) is 1. The molecule has 0 unspecified atom stereocenters. The van der Waals surface area contributed by atoms with Crippen molar-refractivity contribution in [2.45, 2.75) is 38.9 Å². The van der Waals surface area contributed by atoms with Crippen molar-refractivity contribution in [3.8, 4) is 11.5 Å². The lowest BCUT2D eigenvalue weighted by atomic mass is 10.1. The first-order valence-electron chi connectivity index (χ1n) is 10.1. The fraction of sp³-hybridized carbons (Fsp3) is 0.348. The molecule has 154 valence electrons. The predicted octanol–water partition coefficient (Wildman–Crippen LogP) is 4.45. The Morgan fingerprint density at radius 3 is 2.80 bits per heavy atom. The monoisotopic (exact) mass is 464 g/mol. The highest BCUT2D eigenvalue weighted by molar-refractivity contribution is 9.10. The van der Waals surface area contributed by atoms with Gasteiger partial charge in [0.05, 0.1) is 5.52 Å². The molecule has 2 fully saturated rings. The van der Waals surface area contributed by atoms with Gasteiger partial charge >= 0.3 is 0 Å². The molecular weight excluding hydrogens is 440 g/mol. The van der Waals surface area contributed by atoms with E-state index in [-0.39, 0.29) is 7.43 Å². The molecule has 3 aromatic heterocycles. The van der Waals surface area contributed by atoms with Crippen molar-refractivity contribution in [1.29, 1.82) is 0 Å². The summed E-state index contributed by atoms with van der Waals surface area (Å²) in [7, 11) is 0. The topological polar surface area (TPSA) is 58.4 Å². The van der Waals surface area contributed by atoms with Crippen molar-refractivity contribution >= 4 is 32.5 Å². The molecule has 5 heterocycles. The Morgan fingerprint density at radius 1 is 1.13 bits per heavy atom. The molecule has 30 heavy (non-hydrogen) atoms. The maximum atomic E-state index is 4.84. The average molecular weight is 465 g/mol. The van der Waals surface area contributed by atoms with Crippen LogP contribution in [0, 0.1) is 0 Å². The van der Waals surface area contributed by atoms with E-state index in [1.165, 1.54) is 12.0 Å². The van der Waals surface area contributed by atoms with Crippen LogP contribution in [0.5, 0.6) is 0 Å². The van der Waals surface area contributed by atoms with Crippen molar-refractivity contribution < 1.29 is 0 Å². The first-order chi connectivity index (χ1) is 14.2. The SMILES string of the molecule is C.C[C@@H](c1ccc2nnc(-c3ccc4ccc(Br)cc4n3)n2c1)N1C[C@@H]2C[C@H]1CN2. The molecule has 0 radical (unpaired) electrons. The van der Waals surface area contributed by atoms with Crippen LogP contribution in [0.1, 0.15) is 32.4 Å². The van der Waals surface area contributed by atoms with Gasteiger partial charge in [0, 0.05) is 47.3 Å². The lowest BCUT2D eigenvalue weighted by Gasteiger charge is -2.33. The lowest BCUT2D eigenvalue weighted by Crippen LogP contribution is -2.44. The minimum atomic E-state index is 0. The van der Waals surface area contributed by atoms with Gasteiger partial charge in [0.25, 0.3) is 0 Å². The van der Waals surface area contributed by atoms with Gasteiger partial charge in [-0.15, -0.1) is 10.2 Å². The number of hydrogen-bond acceptors (Lipinski definition) is 5. The van der Waals surface area contributed by atoms with Crippen molar-refractivity contribution in [2.75, 3.05) is 13.1 Å². The lowest BCUT2D eigenvalue weighted by molar-refractivity contribution is 0.170. The molecule has 2 saturated heterocycles. The van der Waals surface area contributed by atoms with E-state index in [1.54, 1.807) is 0 Å². The van der Waals surface area contributed by atoms with E-state index in [0.717, 1.165) is 45.6 Å². The first-order valence-corrected chi connectivity index (χ1v) is 10.9. The molecule has 0 aliphatic carbocycles. The Kier molecular flexibility index (Phi) is 4.84. The number of halogens is 1. The molecular formula is C23H25BrN6. The molecule has 0 amide bonds. The number of rotatable bonds is 3. The number of fused-ring (bicyclic) bond motifs is 4. The standard InChI is InChI=1S/C22H21BrN6.CH4/c1-13(28-12-17-9-18(28)10-24-17)15-4-7-21-26-27-22(29(21)11-15)19-6-3-14-2-5-16(23)8-20(14)25-19;/h2-8,11,13,17-18,24H,9-10,12H2,1H3;1H4/t13-,17-,18-;/m0./s1. The third kappa shape index (κ3) is 3.12. The van der Waals surface area contributed by atoms with Crippen LogP contribution >= 0.6 is 15.9 Å². The molecule has 6 rings (SSSR count). The minimum absolute atomic E-state index is 0. The number of piperazine rings is 1. The zero-order valence-electron chi connectivity index (χ0n) is 16.1. The molecule has 4 aromatic rings. The Bertz CT molecular complexity index is 1240. The van der Waals surface area contributed by atoms with Gasteiger partial charge in [-0.25, -0.2) is 4.98 Å². The molecule has 2 bridgehead atoms. The minimum Gasteiger partial charge on any atom is -0.311 e. The fourth-order valence-electron chi connectivity index (χ4n) is 4.80. The summed E-state index contributed by atoms with van der Waals surface area (Å²) in [5, 5.41) is 13.5. The second kappa shape index (κ2) is 7.41. The molecule has 7 heteroatoms. The Balaban J connectivity index is 0.00000193. The largest absolute Gasteiger partial charge is 0.311 e. The van der Waals surface area contributed by atoms with Crippen LogP contribution in [0.25, 0.3) is 28.1 Å². The van der Waals surface area contributed by atoms with Crippen molar-refractivity contribution in [1.82, 2.24) is 29.8 Å². The summed E-state index contributed by atoms with van der Waals surface area (Å²) in [6.07, 6.45) is 3.45. The number of nitrogens with one attached hydrogen (secondary N) is 1. The van der Waals surface area contributed by atoms with Crippen LogP contribution in [-0.2, 0) is 0 Å². The number of aromatic nitrogens is 4. The van der Waals surface area contributed by atoms with E-state index >= 15 is 0 Å². The van der Waals surface area contributed by atoms with Gasteiger partial charge < -0.3 is 5.32 Å². The van der Waals surface area contributed by atoms with Crippen LogP contribution < -0.4 is 5.32 Å². The van der Waals surface area contributed by atoms with Gasteiger partial charge in [-0.05, 0) is 43.2 Å². The Labute approximate surface area is 184 Å². The number of hydrogen-bond donors (Lipinski definition) is 1. The van der Waals surface area contributed by atoms with Crippen molar-refractivity contribution in [2.24, 2.45) is 0 Å². The van der Waals surface area contributed by atoms with Gasteiger partial charge in [0.2, 0.25) is 0 Å². The highest BCUT2D eigenvalue weighted by atomic mass is 79.9. The van der Waals surface area contributed by atoms with E-state index in [9.17, 15) is 0 Å². The molecule has 1 aromatic carbocycles. The van der Waals surface area contributed by atoms with Crippen LogP contribution in [0.3, 0.4) is 0 Å². The summed E-state index contributed by atoms with van der Waals surface area (Å²) >= 11 is 3.53.